The van der Waals surface area contributed by atoms with E-state index in [4.69, 9.17) is 16.3 Å². The van der Waals surface area contributed by atoms with Gasteiger partial charge in [-0.25, -0.2) is 0 Å². The third-order valence-electron chi connectivity index (χ3n) is 3.63. The fraction of sp³-hybridized carbons (Fsp3) is 0.312. The van der Waals surface area contributed by atoms with Gasteiger partial charge in [-0.15, -0.1) is 11.3 Å². The van der Waals surface area contributed by atoms with E-state index < -0.39 is 0 Å². The van der Waals surface area contributed by atoms with Gasteiger partial charge in [-0.2, -0.15) is 0 Å². The van der Waals surface area contributed by atoms with E-state index in [1.807, 2.05) is 6.07 Å². The topological polar surface area (TPSA) is 38.3 Å². The molecule has 1 amide bonds. The zero-order chi connectivity index (χ0) is 14.8. The summed E-state index contributed by atoms with van der Waals surface area (Å²) in [5, 5.41) is 3.46. The Morgan fingerprint density at radius 1 is 1.29 bits per heavy atom. The minimum atomic E-state index is -0.102. The van der Waals surface area contributed by atoms with E-state index in [9.17, 15) is 4.79 Å². The molecule has 1 heterocycles. The highest BCUT2D eigenvalue weighted by Crippen LogP contribution is 2.32. The molecule has 0 saturated carbocycles. The fourth-order valence-corrected chi connectivity index (χ4v) is 3.89. The number of methoxy groups -OCH3 is 1. The number of fused-ring (bicyclic) bond motifs is 1. The molecule has 0 spiro atoms. The van der Waals surface area contributed by atoms with Crippen LogP contribution in [-0.4, -0.2) is 13.0 Å². The third-order valence-corrected chi connectivity index (χ3v) is 5.10. The number of benzene rings is 1. The van der Waals surface area contributed by atoms with Crippen molar-refractivity contribution in [2.24, 2.45) is 0 Å². The number of nitrogens with one attached hydrogen (secondary N) is 1. The van der Waals surface area contributed by atoms with E-state index in [-0.39, 0.29) is 5.91 Å². The predicted molar refractivity (Wildman–Crippen MR) is 86.9 cm³/mol. The summed E-state index contributed by atoms with van der Waals surface area (Å²) in [6.45, 7) is 0. The Morgan fingerprint density at radius 3 is 2.86 bits per heavy atom. The minimum Gasteiger partial charge on any atom is -0.495 e. The summed E-state index contributed by atoms with van der Waals surface area (Å²) in [5.74, 6) is 0.504. The number of amides is 1. The number of aryl methyl sites for hydroxylation is 2. The van der Waals surface area contributed by atoms with Gasteiger partial charge in [0.2, 0.25) is 0 Å². The zero-order valence-corrected chi connectivity index (χ0v) is 13.3. The fourth-order valence-electron chi connectivity index (χ4n) is 2.56. The monoisotopic (exact) mass is 321 g/mol. The predicted octanol–water partition coefficient (Wildman–Crippen LogP) is 4.54. The van der Waals surface area contributed by atoms with Crippen LogP contribution in [0.25, 0.3) is 0 Å². The third kappa shape index (κ3) is 3.06. The first-order valence-corrected chi connectivity index (χ1v) is 8.13. The number of ether oxygens (including phenoxy) is 1. The van der Waals surface area contributed by atoms with Crippen molar-refractivity contribution in [1.29, 1.82) is 0 Å². The van der Waals surface area contributed by atoms with E-state index in [1.54, 1.807) is 36.6 Å². The maximum Gasteiger partial charge on any atom is 0.265 e. The van der Waals surface area contributed by atoms with E-state index >= 15 is 0 Å². The van der Waals surface area contributed by atoms with Crippen molar-refractivity contribution < 1.29 is 9.53 Å². The number of carbonyl (C=O) groups excluding carboxylic acids is 1. The second-order valence-electron chi connectivity index (χ2n) is 5.06. The second-order valence-corrected chi connectivity index (χ2v) is 6.64. The number of hydrogen-bond acceptors (Lipinski definition) is 3. The first kappa shape index (κ1) is 14.4. The molecule has 1 aromatic heterocycles. The lowest BCUT2D eigenvalue weighted by Gasteiger charge is -2.09. The van der Waals surface area contributed by atoms with E-state index in [0.29, 0.717) is 16.5 Å². The van der Waals surface area contributed by atoms with Gasteiger partial charge in [0.1, 0.15) is 5.75 Å². The average Bonchev–Trinajstić information content (AvgIpc) is 2.91. The lowest BCUT2D eigenvalue weighted by molar-refractivity contribution is 0.103. The molecule has 21 heavy (non-hydrogen) atoms. The summed E-state index contributed by atoms with van der Waals surface area (Å²) in [5.41, 5.74) is 1.93. The Balaban J connectivity index is 1.83. The molecule has 2 aromatic rings. The quantitative estimate of drug-likeness (QED) is 0.901. The first-order valence-electron chi connectivity index (χ1n) is 6.94. The number of anilines is 1. The Hall–Kier alpha value is -1.52. The highest BCUT2D eigenvalue weighted by Gasteiger charge is 2.18. The molecule has 0 aliphatic heterocycles. The van der Waals surface area contributed by atoms with Crippen LogP contribution in [0.15, 0.2) is 24.3 Å². The van der Waals surface area contributed by atoms with Crippen LogP contribution in [0.1, 0.15) is 33.0 Å². The molecule has 5 heteroatoms. The van der Waals surface area contributed by atoms with Crippen molar-refractivity contribution >= 4 is 34.5 Å². The molecule has 0 saturated heterocycles. The molecular formula is C16H16ClNO2S. The van der Waals surface area contributed by atoms with Crippen LogP contribution in [0.3, 0.4) is 0 Å². The van der Waals surface area contributed by atoms with E-state index in [2.05, 4.69) is 5.32 Å². The summed E-state index contributed by atoms with van der Waals surface area (Å²) in [4.78, 5) is 14.5. The minimum absolute atomic E-state index is 0.102. The van der Waals surface area contributed by atoms with E-state index in [0.717, 1.165) is 17.7 Å². The number of thiophene rings is 1. The molecule has 0 fully saturated rings. The summed E-state index contributed by atoms with van der Waals surface area (Å²) in [7, 11) is 1.57. The molecule has 0 atom stereocenters. The first-order chi connectivity index (χ1) is 10.2. The lowest BCUT2D eigenvalue weighted by Crippen LogP contribution is -2.11. The Labute approximate surface area is 132 Å². The maximum atomic E-state index is 12.4. The van der Waals surface area contributed by atoms with Crippen molar-refractivity contribution in [2.75, 3.05) is 12.4 Å². The SMILES string of the molecule is COc1ccc(Cl)cc1NC(=O)c1cc2c(s1)CCCC2. The average molecular weight is 322 g/mol. The second kappa shape index (κ2) is 6.08. The van der Waals surface area contributed by atoms with Crippen LogP contribution in [0.2, 0.25) is 5.02 Å². The smallest absolute Gasteiger partial charge is 0.265 e. The maximum absolute atomic E-state index is 12.4. The van der Waals surface area contributed by atoms with Crippen molar-refractivity contribution in [2.45, 2.75) is 25.7 Å². The van der Waals surface area contributed by atoms with Crippen molar-refractivity contribution in [3.8, 4) is 5.75 Å². The van der Waals surface area contributed by atoms with Gasteiger partial charge in [0.05, 0.1) is 17.7 Å². The van der Waals surface area contributed by atoms with Gasteiger partial charge in [-0.3, -0.25) is 4.79 Å². The summed E-state index contributed by atoms with van der Waals surface area (Å²) < 4.78 is 5.25. The normalized spacial score (nSPS) is 13.6. The number of carbonyl (C=O) groups is 1. The Morgan fingerprint density at radius 2 is 2.10 bits per heavy atom. The molecule has 1 aliphatic rings. The van der Waals surface area contributed by atoms with E-state index in [1.165, 1.54) is 23.3 Å². The van der Waals surface area contributed by atoms with Crippen molar-refractivity contribution in [1.82, 2.24) is 0 Å². The van der Waals surface area contributed by atoms with Crippen LogP contribution in [0.5, 0.6) is 5.75 Å². The Bertz CT molecular complexity index is 657. The molecule has 0 bridgehead atoms. The molecule has 1 aromatic carbocycles. The van der Waals surface area contributed by atoms with Crippen molar-refractivity contribution in [3.63, 3.8) is 0 Å². The van der Waals surface area contributed by atoms with Crippen LogP contribution >= 0.6 is 22.9 Å². The van der Waals surface area contributed by atoms with Gasteiger partial charge in [0.25, 0.3) is 5.91 Å². The number of hydrogen-bond donors (Lipinski definition) is 1. The molecule has 1 N–H and O–H groups in total. The molecule has 0 radical (unpaired) electrons. The molecule has 1 aliphatic carbocycles. The van der Waals surface area contributed by atoms with Crippen LogP contribution in [-0.2, 0) is 12.8 Å². The largest absolute Gasteiger partial charge is 0.495 e. The van der Waals surface area contributed by atoms with Gasteiger partial charge in [-0.05, 0) is 55.5 Å². The lowest BCUT2D eigenvalue weighted by atomic mass is 9.99. The zero-order valence-electron chi connectivity index (χ0n) is 11.7. The summed E-state index contributed by atoms with van der Waals surface area (Å²) in [6, 6.07) is 7.20. The summed E-state index contributed by atoms with van der Waals surface area (Å²) in [6.07, 6.45) is 4.61. The van der Waals surface area contributed by atoms with Crippen LogP contribution in [0, 0.1) is 0 Å². The van der Waals surface area contributed by atoms with Crippen molar-refractivity contribution in [3.05, 3.63) is 44.6 Å². The number of halogens is 1. The molecule has 3 rings (SSSR count). The Kier molecular flexibility index (Phi) is 4.17. The van der Waals surface area contributed by atoms with Gasteiger partial charge in [0, 0.05) is 9.90 Å². The summed E-state index contributed by atoms with van der Waals surface area (Å²) >= 11 is 7.58. The molecular weight excluding hydrogens is 306 g/mol. The molecule has 110 valence electrons. The number of rotatable bonds is 3. The van der Waals surface area contributed by atoms with Gasteiger partial charge in [-0.1, -0.05) is 11.6 Å². The standard InChI is InChI=1S/C16H16ClNO2S/c1-20-13-7-6-11(17)9-12(13)18-16(19)15-8-10-4-2-3-5-14(10)21-15/h6-9H,2-5H2,1H3,(H,18,19). The molecule has 0 unspecified atom stereocenters. The van der Waals surface area contributed by atoms with Crippen LogP contribution in [0.4, 0.5) is 5.69 Å². The van der Waals surface area contributed by atoms with Gasteiger partial charge in [0.15, 0.2) is 0 Å². The highest BCUT2D eigenvalue weighted by atomic mass is 35.5. The van der Waals surface area contributed by atoms with Gasteiger partial charge >= 0.3 is 0 Å². The van der Waals surface area contributed by atoms with Crippen LogP contribution < -0.4 is 10.1 Å². The molecule has 3 nitrogen and oxygen atoms in total. The van der Waals surface area contributed by atoms with Gasteiger partial charge < -0.3 is 10.1 Å². The highest BCUT2D eigenvalue weighted by molar-refractivity contribution is 7.14.